The van der Waals surface area contributed by atoms with Gasteiger partial charge in [-0.25, -0.2) is 0 Å². The lowest BCUT2D eigenvalue weighted by Crippen LogP contribution is -2.65. The van der Waals surface area contributed by atoms with Gasteiger partial charge >= 0.3 is 0 Å². The molecule has 0 saturated carbocycles. The molecular weight excluding hydrogens is 1900 g/mol. The third-order valence-electron chi connectivity index (χ3n) is 24.6. The van der Waals surface area contributed by atoms with Crippen molar-refractivity contribution in [3.8, 4) is 0 Å². The van der Waals surface area contributed by atoms with Gasteiger partial charge in [0, 0.05) is 57.8 Å². The third-order valence-corrected chi connectivity index (χ3v) is 24.6. The maximum atomic E-state index is 13.6. The number of hydrogen-bond acceptors (Lipinski definition) is 55. The number of aliphatic hydroxyl groups is 29. The van der Waals surface area contributed by atoms with Gasteiger partial charge in [-0.1, -0.05) is 6.92 Å². The zero-order chi connectivity index (χ0) is 102. The molecule has 0 radical (unpaired) electrons. The molecule has 59 heteroatoms. The molecule has 0 aliphatic carbocycles. The molecule has 4 amide bonds. The summed E-state index contributed by atoms with van der Waals surface area (Å²) in [6.07, 6.45) is -80.8. The van der Waals surface area contributed by atoms with Crippen LogP contribution in [0.5, 0.6) is 0 Å². The van der Waals surface area contributed by atoms with E-state index < -0.39 is 424 Å². The molecule has 810 valence electrons. The lowest BCUT2D eigenvalue weighted by atomic mass is 9.91. The van der Waals surface area contributed by atoms with Crippen LogP contribution in [-0.4, -0.2) is 600 Å². The molecule has 0 aromatic rings. The SMILES string of the molecule is CCNC(=O)CCOCC(COCCC(=O)NCCO[C@H]1O[C@H](CO[C@H]2O[C@H](CO)[C@@H](O)[C@H](O)[C@@H]2O)[C@@H](O)[C@H](O[C@H]2O[C@H](CO)[C@@H](O)[C@H](O)[C@@H]2O)[C@@H]1O)(COCCC(=O)NCCO[C@H]1O[C@H](CO[C@H]2O[C@H](CO)[C@@H](O)[C@H](O)[C@@H]2O)[C@@H](O)[C@H](O[C@H]2O[C@H](CO)[C@@H](O)[C@H](O)[C@@H]2O)[C@@H]1O)COCCC(=O)NCCO[C@H]1O[C@H](CO[C@H]2O[C@H](CO)[C@@H](O)[C@H](O)[C@@H]2O)[C@@H](O)[C@H](O[C@H]2O[C@H](CO)[C@@H](C)[C@H](O)[C@@H]2O)[C@@H]1O. The summed E-state index contributed by atoms with van der Waals surface area (Å²) in [5.74, 6) is -3.31. The van der Waals surface area contributed by atoms with E-state index in [9.17, 15) is 167 Å². The maximum Gasteiger partial charge on any atom is 0.222 e. The second kappa shape index (κ2) is 57.4. The minimum absolute atomic E-state index is 0.168. The van der Waals surface area contributed by atoms with Crippen LogP contribution in [0, 0.1) is 11.3 Å². The summed E-state index contributed by atoms with van der Waals surface area (Å²) in [7, 11) is 0. The summed E-state index contributed by atoms with van der Waals surface area (Å²) in [4.78, 5) is 53.4. The number of hydrogen-bond donors (Lipinski definition) is 33. The molecule has 0 aromatic heterocycles. The van der Waals surface area contributed by atoms with Crippen molar-refractivity contribution < 1.29 is 271 Å². The molecule has 9 saturated heterocycles. The fraction of sp³-hybridized carbons (Fsp3) is 0.950. The number of amides is 4. The molecule has 33 N–H and O–H groups in total. The number of aliphatic hydroxyl groups excluding tert-OH is 29. The quantitative estimate of drug-likeness (QED) is 0.0251. The van der Waals surface area contributed by atoms with E-state index in [1.54, 1.807) is 6.92 Å². The topological polar surface area (TPSA) is 906 Å². The van der Waals surface area contributed by atoms with Gasteiger partial charge in [0.2, 0.25) is 23.6 Å². The summed E-state index contributed by atoms with van der Waals surface area (Å²) in [6.45, 7) is -9.36. The highest BCUT2D eigenvalue weighted by Gasteiger charge is 2.58. The Kier molecular flexibility index (Phi) is 48.9. The molecule has 0 bridgehead atoms. The van der Waals surface area contributed by atoms with Gasteiger partial charge in [-0.3, -0.25) is 19.2 Å². The minimum Gasteiger partial charge on any atom is -0.394 e. The third kappa shape index (κ3) is 31.7. The summed E-state index contributed by atoms with van der Waals surface area (Å²) in [6, 6.07) is 0. The van der Waals surface area contributed by atoms with Gasteiger partial charge in [-0.05, 0) is 6.92 Å². The average molecular weight is 2040 g/mol. The predicted octanol–water partition coefficient (Wildman–Crippen LogP) is -21.2. The number of nitrogens with one attached hydrogen (secondary N) is 4. The molecule has 0 aromatic carbocycles. The summed E-state index contributed by atoms with van der Waals surface area (Å²) in [5.41, 5.74) is -1.47. The van der Waals surface area contributed by atoms with Crippen LogP contribution in [0.2, 0.25) is 0 Å². The Labute approximate surface area is 793 Å². The first-order valence-corrected chi connectivity index (χ1v) is 45.5. The number of ether oxygens (including phenoxy) is 22. The van der Waals surface area contributed by atoms with Crippen LogP contribution in [0.3, 0.4) is 0 Å². The van der Waals surface area contributed by atoms with Crippen LogP contribution < -0.4 is 21.3 Å². The van der Waals surface area contributed by atoms with Gasteiger partial charge in [-0.15, -0.1) is 0 Å². The molecular formula is C80H140N4O55. The Morgan fingerprint density at radius 1 is 0.245 bits per heavy atom. The van der Waals surface area contributed by atoms with Crippen molar-refractivity contribution >= 4 is 23.6 Å². The van der Waals surface area contributed by atoms with Crippen LogP contribution in [0.1, 0.15) is 39.5 Å². The summed E-state index contributed by atoms with van der Waals surface area (Å²) >= 11 is 0. The minimum atomic E-state index is -2.06. The Bertz CT molecular complexity index is 3210. The van der Waals surface area contributed by atoms with Gasteiger partial charge in [0.05, 0.1) is 150 Å². The van der Waals surface area contributed by atoms with Gasteiger partial charge in [0.1, 0.15) is 201 Å². The van der Waals surface area contributed by atoms with Crippen molar-refractivity contribution in [3.63, 3.8) is 0 Å². The standard InChI is InChI=1S/C80H140N4O55/c1-3-81-41(91)4-11-118-27-80(28-119-12-5-42(92)82-8-15-122-74-65(115)68(137-77-59(109)45(95)31(2)32(18-85)128-77)51(101)38(134-74)24-125-71-60(110)54(104)46(96)33(19-86)129-71,29-120-13-6-43(93)83-9-16-123-75-66(116)69(138-78-63(113)57(107)49(99)36(22-89)132-78)52(102)39(135-75)25-126-72-61(111)55(105)47(97)34(20-87)130-72)30-121-14-7-44(94)84-10-17-124-76-67(117)70(139-79-64(114)58(108)50(100)37(23-90)133-79)53(103)40(136-76)26-127-73-62(112)56(106)48(98)35(21-88)131-73/h31-40,45-79,85-90,95-117H,3-30H2,1-2H3,(H,81,91)(H,82,92)(H,83,93)(H,84,94)/t31-,32-,33-,34-,35-,36-,37-,38-,39-,40-,45+,46-,47-,48-,49-,50-,51-,52-,53-,54+,55+,56+,57+,58+,59+,60+,61+,62+,63+,64+,65+,66+,67+,68+,69+,70+,71+,72+,73+,74+,75+,76+,77-,78-,79-/m1/s1. The Hall–Kier alpha value is -4.16. The molecule has 9 heterocycles. The summed E-state index contributed by atoms with van der Waals surface area (Å²) < 4.78 is 126. The fourth-order valence-electron chi connectivity index (χ4n) is 16.1. The lowest BCUT2D eigenvalue weighted by molar-refractivity contribution is -0.366. The van der Waals surface area contributed by atoms with Crippen molar-refractivity contribution in [2.75, 3.05) is 158 Å². The smallest absolute Gasteiger partial charge is 0.222 e. The van der Waals surface area contributed by atoms with Crippen LogP contribution in [-0.2, 0) is 123 Å². The molecule has 0 unspecified atom stereocenters. The van der Waals surface area contributed by atoms with Crippen molar-refractivity contribution in [1.29, 1.82) is 0 Å². The molecule has 9 aliphatic rings. The Morgan fingerprint density at radius 3 is 0.712 bits per heavy atom. The van der Waals surface area contributed by atoms with Gasteiger partial charge in [0.15, 0.2) is 56.6 Å². The van der Waals surface area contributed by atoms with E-state index in [1.165, 1.54) is 6.92 Å². The van der Waals surface area contributed by atoms with E-state index in [0.717, 1.165) is 0 Å². The molecule has 9 rings (SSSR count). The molecule has 139 heavy (non-hydrogen) atoms. The summed E-state index contributed by atoms with van der Waals surface area (Å²) in [5, 5.41) is 318. The molecule has 9 fully saturated rings. The van der Waals surface area contributed by atoms with Crippen molar-refractivity contribution in [2.24, 2.45) is 11.3 Å². The first-order valence-electron chi connectivity index (χ1n) is 45.5. The highest BCUT2D eigenvalue weighted by Crippen LogP contribution is 2.38. The van der Waals surface area contributed by atoms with E-state index in [2.05, 4.69) is 21.3 Å². The first-order chi connectivity index (χ1) is 66.2. The highest BCUT2D eigenvalue weighted by molar-refractivity contribution is 5.77. The number of rotatable bonds is 54. The maximum absolute atomic E-state index is 13.6. The van der Waals surface area contributed by atoms with Crippen molar-refractivity contribution in [2.45, 2.75) is 310 Å². The van der Waals surface area contributed by atoms with Crippen molar-refractivity contribution in [3.05, 3.63) is 0 Å². The van der Waals surface area contributed by atoms with Crippen LogP contribution in [0.25, 0.3) is 0 Å². The Balaban J connectivity index is 0.845. The van der Waals surface area contributed by atoms with Crippen LogP contribution in [0.15, 0.2) is 0 Å². The second-order valence-electron chi connectivity index (χ2n) is 34.8. The molecule has 45 atom stereocenters. The highest BCUT2D eigenvalue weighted by atomic mass is 16.8. The lowest BCUT2D eigenvalue weighted by Gasteiger charge is -2.47. The van der Waals surface area contributed by atoms with E-state index in [4.69, 9.17) is 104 Å². The van der Waals surface area contributed by atoms with E-state index >= 15 is 0 Å². The van der Waals surface area contributed by atoms with Crippen LogP contribution in [0.4, 0.5) is 0 Å². The number of carbonyl (C=O) groups is 4. The zero-order valence-corrected chi connectivity index (χ0v) is 75.9. The largest absolute Gasteiger partial charge is 0.394 e. The fourth-order valence-corrected chi connectivity index (χ4v) is 16.1. The van der Waals surface area contributed by atoms with E-state index in [0.29, 0.717) is 0 Å². The van der Waals surface area contributed by atoms with Gasteiger partial charge < -0.3 is 274 Å². The molecule has 59 nitrogen and oxygen atoms in total. The zero-order valence-electron chi connectivity index (χ0n) is 75.9. The van der Waals surface area contributed by atoms with Crippen molar-refractivity contribution in [1.82, 2.24) is 21.3 Å². The first kappa shape index (κ1) is 118. The molecule has 9 aliphatic heterocycles. The van der Waals surface area contributed by atoms with E-state index in [-0.39, 0.29) is 65.6 Å². The second-order valence-corrected chi connectivity index (χ2v) is 34.8. The Morgan fingerprint density at radius 2 is 0.460 bits per heavy atom. The average Bonchev–Trinajstić information content (AvgIpc) is 0.783. The molecule has 0 spiro atoms. The normalized spacial score (nSPS) is 41.9. The predicted molar refractivity (Wildman–Crippen MR) is 440 cm³/mol. The van der Waals surface area contributed by atoms with E-state index in [1.807, 2.05) is 0 Å². The van der Waals surface area contributed by atoms with Crippen LogP contribution >= 0.6 is 0 Å². The number of carbonyl (C=O) groups excluding carboxylic acids is 4. The monoisotopic (exact) mass is 2040 g/mol. The van der Waals surface area contributed by atoms with Gasteiger partial charge in [0.25, 0.3) is 0 Å². The van der Waals surface area contributed by atoms with Gasteiger partial charge in [-0.2, -0.15) is 0 Å².